The first-order valence-corrected chi connectivity index (χ1v) is 11.4. The largest absolute Gasteiger partial charge is 0.464 e. The Balaban J connectivity index is 1.41. The van der Waals surface area contributed by atoms with Gasteiger partial charge in [-0.05, 0) is 49.2 Å². The molecule has 1 aliphatic carbocycles. The van der Waals surface area contributed by atoms with E-state index in [2.05, 4.69) is 10.6 Å². The quantitative estimate of drug-likeness (QED) is 0.397. The van der Waals surface area contributed by atoms with Crippen molar-refractivity contribution in [3.63, 3.8) is 0 Å². The van der Waals surface area contributed by atoms with Crippen molar-refractivity contribution in [1.29, 1.82) is 0 Å². The van der Waals surface area contributed by atoms with Crippen LogP contribution in [-0.2, 0) is 14.3 Å². The number of aryl methyl sites for hydroxylation is 1. The molecular weight excluding hydrogens is 464 g/mol. The minimum atomic E-state index is -0.920. The highest BCUT2D eigenvalue weighted by Gasteiger charge is 2.36. The van der Waals surface area contributed by atoms with Crippen LogP contribution in [0.25, 0.3) is 11.1 Å². The molecule has 182 valence electrons. The molecule has 2 N–H and O–H groups in total. The molecule has 2 aromatic carbocycles. The molecule has 0 fully saturated rings. The van der Waals surface area contributed by atoms with Crippen LogP contribution in [0.3, 0.4) is 0 Å². The molecule has 2 aliphatic rings. The van der Waals surface area contributed by atoms with Crippen LogP contribution in [0.2, 0.25) is 0 Å². The maximum absolute atomic E-state index is 12.9. The van der Waals surface area contributed by atoms with Crippen molar-refractivity contribution in [2.24, 2.45) is 0 Å². The fraction of sp³-hybridized carbons (Fsp3) is 0.185. The second kappa shape index (κ2) is 9.18. The number of hydrogen-bond donors (Lipinski definition) is 2. The molecule has 1 aliphatic heterocycles. The Kier molecular flexibility index (Phi) is 5.89. The Bertz CT molecular complexity index is 1450. The summed E-state index contributed by atoms with van der Waals surface area (Å²) < 4.78 is 16.3. The van der Waals surface area contributed by atoms with Gasteiger partial charge in [-0.3, -0.25) is 4.79 Å². The normalized spacial score (nSPS) is 16.1. The number of hydrogen-bond acceptors (Lipinski definition) is 7. The SMILES string of the molecule is CCOC(=O)C1=C(COC(=O)c2ccc3c(c2)C(=O)c2ccccc2-3)NC(=O)NC1c1ccc(C)o1. The van der Waals surface area contributed by atoms with Crippen LogP contribution < -0.4 is 10.6 Å². The van der Waals surface area contributed by atoms with Gasteiger partial charge in [0.1, 0.15) is 24.2 Å². The monoisotopic (exact) mass is 486 g/mol. The molecule has 1 atom stereocenters. The van der Waals surface area contributed by atoms with E-state index in [1.165, 1.54) is 6.07 Å². The first-order chi connectivity index (χ1) is 17.4. The van der Waals surface area contributed by atoms with Gasteiger partial charge in [-0.2, -0.15) is 0 Å². The number of rotatable bonds is 6. The van der Waals surface area contributed by atoms with Crippen molar-refractivity contribution < 1.29 is 33.1 Å². The minimum absolute atomic E-state index is 0.0678. The molecule has 2 amide bonds. The molecule has 0 spiro atoms. The fourth-order valence-corrected chi connectivity index (χ4v) is 4.38. The lowest BCUT2D eigenvalue weighted by Gasteiger charge is -2.27. The summed E-state index contributed by atoms with van der Waals surface area (Å²) in [5.41, 5.74) is 2.89. The summed E-state index contributed by atoms with van der Waals surface area (Å²) in [7, 11) is 0. The van der Waals surface area contributed by atoms with Gasteiger partial charge in [-0.25, -0.2) is 14.4 Å². The lowest BCUT2D eigenvalue weighted by Crippen LogP contribution is -2.47. The van der Waals surface area contributed by atoms with E-state index in [1.54, 1.807) is 50.2 Å². The maximum atomic E-state index is 12.9. The lowest BCUT2D eigenvalue weighted by molar-refractivity contribution is -0.139. The first kappa shape index (κ1) is 23.1. The number of ketones is 1. The zero-order valence-corrected chi connectivity index (χ0v) is 19.5. The summed E-state index contributed by atoms with van der Waals surface area (Å²) in [6, 6.07) is 13.9. The number of fused-ring (bicyclic) bond motifs is 3. The van der Waals surface area contributed by atoms with E-state index in [9.17, 15) is 19.2 Å². The zero-order chi connectivity index (χ0) is 25.4. The number of esters is 2. The van der Waals surface area contributed by atoms with Crippen LogP contribution in [0.15, 0.2) is 70.3 Å². The number of carbonyl (C=O) groups is 4. The molecular formula is C27H22N2O7. The van der Waals surface area contributed by atoms with Crippen molar-refractivity contribution in [3.05, 3.63) is 94.1 Å². The third-order valence-electron chi connectivity index (χ3n) is 6.00. The number of carbonyl (C=O) groups excluding carboxylic acids is 4. The van der Waals surface area contributed by atoms with Crippen LogP contribution in [0.1, 0.15) is 50.8 Å². The van der Waals surface area contributed by atoms with Crippen LogP contribution in [-0.4, -0.2) is 37.0 Å². The zero-order valence-electron chi connectivity index (χ0n) is 19.5. The standard InChI is InChI=1S/C27H22N2O7/c1-3-34-26(32)22-20(28-27(33)29-23(22)21-11-8-14(2)36-21)13-35-25(31)15-9-10-17-16-6-4-5-7-18(16)24(30)19(17)12-15/h4-12,23H,3,13H2,1-2H3,(H2,28,29,33). The van der Waals surface area contributed by atoms with Crippen LogP contribution in [0, 0.1) is 6.92 Å². The number of ether oxygens (including phenoxy) is 2. The minimum Gasteiger partial charge on any atom is -0.464 e. The third kappa shape index (κ3) is 4.04. The summed E-state index contributed by atoms with van der Waals surface area (Å²) in [6.07, 6.45) is 0. The molecule has 1 unspecified atom stereocenters. The molecule has 2 heterocycles. The van der Waals surface area contributed by atoms with Crippen LogP contribution in [0.4, 0.5) is 4.79 Å². The van der Waals surface area contributed by atoms with Gasteiger partial charge in [-0.15, -0.1) is 0 Å². The summed E-state index contributed by atoms with van der Waals surface area (Å²) in [6.45, 7) is 3.11. The second-order valence-electron chi connectivity index (χ2n) is 8.30. The predicted molar refractivity (Wildman–Crippen MR) is 127 cm³/mol. The van der Waals surface area contributed by atoms with Gasteiger partial charge in [0.05, 0.1) is 23.4 Å². The maximum Gasteiger partial charge on any atom is 0.338 e. The molecule has 9 nitrogen and oxygen atoms in total. The highest BCUT2D eigenvalue weighted by molar-refractivity contribution is 6.22. The average molecular weight is 486 g/mol. The Morgan fingerprint density at radius 3 is 2.39 bits per heavy atom. The van der Waals surface area contributed by atoms with Gasteiger partial charge < -0.3 is 24.5 Å². The molecule has 3 aromatic rings. The smallest absolute Gasteiger partial charge is 0.338 e. The molecule has 0 saturated carbocycles. The molecule has 36 heavy (non-hydrogen) atoms. The van der Waals surface area contributed by atoms with E-state index < -0.39 is 30.6 Å². The highest BCUT2D eigenvalue weighted by Crippen LogP contribution is 2.37. The van der Waals surface area contributed by atoms with Gasteiger partial charge in [0.15, 0.2) is 5.78 Å². The third-order valence-corrected chi connectivity index (χ3v) is 6.00. The molecule has 0 radical (unpaired) electrons. The highest BCUT2D eigenvalue weighted by atomic mass is 16.5. The number of nitrogens with one attached hydrogen (secondary N) is 2. The fourth-order valence-electron chi connectivity index (χ4n) is 4.38. The molecule has 9 heteroatoms. The van der Waals surface area contributed by atoms with E-state index in [0.29, 0.717) is 22.6 Å². The number of furan rings is 1. The summed E-state index contributed by atoms with van der Waals surface area (Å²) >= 11 is 0. The van der Waals surface area contributed by atoms with Gasteiger partial charge in [0, 0.05) is 11.1 Å². The van der Waals surface area contributed by atoms with Crippen molar-refractivity contribution >= 4 is 23.8 Å². The Morgan fingerprint density at radius 2 is 1.67 bits per heavy atom. The summed E-state index contributed by atoms with van der Waals surface area (Å²) in [4.78, 5) is 50.8. The Labute approximate surface area is 206 Å². The van der Waals surface area contributed by atoms with Crippen molar-refractivity contribution in [2.45, 2.75) is 19.9 Å². The number of benzene rings is 2. The van der Waals surface area contributed by atoms with E-state index in [0.717, 1.165) is 11.1 Å². The van der Waals surface area contributed by atoms with Gasteiger partial charge >= 0.3 is 18.0 Å². The molecule has 1 aromatic heterocycles. The van der Waals surface area contributed by atoms with E-state index in [-0.39, 0.29) is 29.2 Å². The van der Waals surface area contributed by atoms with Crippen molar-refractivity contribution in [3.8, 4) is 11.1 Å². The summed E-state index contributed by atoms with van der Waals surface area (Å²) in [5, 5.41) is 5.18. The van der Waals surface area contributed by atoms with Crippen molar-refractivity contribution in [2.75, 3.05) is 13.2 Å². The van der Waals surface area contributed by atoms with Crippen LogP contribution in [0.5, 0.6) is 0 Å². The lowest BCUT2D eigenvalue weighted by atomic mass is 10.0. The predicted octanol–water partition coefficient (Wildman–Crippen LogP) is 3.83. The van der Waals surface area contributed by atoms with Gasteiger partial charge in [0.2, 0.25) is 0 Å². The van der Waals surface area contributed by atoms with E-state index >= 15 is 0 Å². The second-order valence-corrected chi connectivity index (χ2v) is 8.30. The molecule has 0 saturated heterocycles. The van der Waals surface area contributed by atoms with Crippen molar-refractivity contribution in [1.82, 2.24) is 10.6 Å². The molecule has 0 bridgehead atoms. The Hall–Kier alpha value is -4.66. The average Bonchev–Trinajstić information content (AvgIpc) is 3.43. The van der Waals surface area contributed by atoms with Gasteiger partial charge in [-0.1, -0.05) is 30.3 Å². The Morgan fingerprint density at radius 1 is 0.917 bits per heavy atom. The van der Waals surface area contributed by atoms with Crippen LogP contribution >= 0.6 is 0 Å². The van der Waals surface area contributed by atoms with Gasteiger partial charge in [0.25, 0.3) is 0 Å². The number of urea groups is 1. The first-order valence-electron chi connectivity index (χ1n) is 11.4. The summed E-state index contributed by atoms with van der Waals surface area (Å²) in [5.74, 6) is -0.621. The van der Waals surface area contributed by atoms with E-state index in [4.69, 9.17) is 13.9 Å². The van der Waals surface area contributed by atoms with E-state index in [1.807, 2.05) is 12.1 Å². The topological polar surface area (TPSA) is 124 Å². The molecule has 5 rings (SSSR count). The number of amides is 2.